The van der Waals surface area contributed by atoms with Crippen molar-refractivity contribution in [3.63, 3.8) is 0 Å². The van der Waals surface area contributed by atoms with Crippen molar-refractivity contribution in [2.75, 3.05) is 14.1 Å². The summed E-state index contributed by atoms with van der Waals surface area (Å²) in [4.78, 5) is 40.2. The van der Waals surface area contributed by atoms with Crippen LogP contribution in [0, 0.1) is 21.3 Å². The Kier molecular flexibility index (Phi) is 5.19. The lowest BCUT2D eigenvalue weighted by Gasteiger charge is -2.53. The number of nitrogens with two attached hydrogens (primary N) is 1. The minimum atomic E-state index is -2.62. The third-order valence-corrected chi connectivity index (χ3v) is 7.93. The van der Waals surface area contributed by atoms with Gasteiger partial charge in [-0.15, -0.1) is 0 Å². The zero-order chi connectivity index (χ0) is 23.0. The SMILES string of the molecule is CN(C)[C@@H]1C(O)C(C(N)=O)C(=O)[C@@]2(O)C(=O)C3=C(O)c4c(O)ccc(I)c4CC3CC12. The highest BCUT2D eigenvalue weighted by atomic mass is 127. The minimum Gasteiger partial charge on any atom is -0.507 e. The van der Waals surface area contributed by atoms with Crippen molar-refractivity contribution >= 4 is 45.8 Å². The lowest BCUT2D eigenvalue weighted by atomic mass is 9.54. The average Bonchev–Trinajstić information content (AvgIpc) is 2.67. The van der Waals surface area contributed by atoms with E-state index < -0.39 is 58.7 Å². The lowest BCUT2D eigenvalue weighted by molar-refractivity contribution is -0.184. The molecule has 0 aromatic heterocycles. The van der Waals surface area contributed by atoms with E-state index >= 15 is 0 Å². The van der Waals surface area contributed by atoms with Gasteiger partial charge in [-0.2, -0.15) is 0 Å². The van der Waals surface area contributed by atoms with Crippen LogP contribution in [0.4, 0.5) is 0 Å². The van der Waals surface area contributed by atoms with E-state index in [4.69, 9.17) is 5.73 Å². The summed E-state index contributed by atoms with van der Waals surface area (Å²) >= 11 is 2.08. The molecular formula is C21H23IN2O7. The van der Waals surface area contributed by atoms with Crippen LogP contribution in [0.25, 0.3) is 5.76 Å². The van der Waals surface area contributed by atoms with Gasteiger partial charge in [0, 0.05) is 21.1 Å². The Labute approximate surface area is 191 Å². The highest BCUT2D eigenvalue weighted by Gasteiger charge is 2.67. The Balaban J connectivity index is 1.93. The van der Waals surface area contributed by atoms with Crippen LogP contribution in [0.3, 0.4) is 0 Å². The fourth-order valence-electron chi connectivity index (χ4n) is 5.57. The Bertz CT molecular complexity index is 1050. The number of primary amides is 1. The summed E-state index contributed by atoms with van der Waals surface area (Å²) in [6, 6.07) is 2.20. The van der Waals surface area contributed by atoms with Gasteiger partial charge in [-0.05, 0) is 73.1 Å². The van der Waals surface area contributed by atoms with Gasteiger partial charge in [0.1, 0.15) is 17.4 Å². The number of halogens is 1. The molecule has 0 bridgehead atoms. The molecule has 4 rings (SSSR count). The maximum absolute atomic E-state index is 13.6. The van der Waals surface area contributed by atoms with Crippen LogP contribution in [0.1, 0.15) is 17.5 Å². The smallest absolute Gasteiger partial charge is 0.230 e. The third kappa shape index (κ3) is 2.88. The van der Waals surface area contributed by atoms with Crippen LogP contribution in [0.2, 0.25) is 0 Å². The summed E-state index contributed by atoms with van der Waals surface area (Å²) < 4.78 is 0.794. The number of phenolic OH excluding ortho intramolecular Hbond substituents is 1. The highest BCUT2D eigenvalue weighted by molar-refractivity contribution is 14.1. The highest BCUT2D eigenvalue weighted by Crippen LogP contribution is 2.52. The van der Waals surface area contributed by atoms with Gasteiger partial charge >= 0.3 is 0 Å². The van der Waals surface area contributed by atoms with Crippen LogP contribution < -0.4 is 5.73 Å². The van der Waals surface area contributed by atoms with E-state index in [2.05, 4.69) is 22.6 Å². The first-order valence-electron chi connectivity index (χ1n) is 9.82. The van der Waals surface area contributed by atoms with Crippen molar-refractivity contribution in [3.05, 3.63) is 32.4 Å². The largest absolute Gasteiger partial charge is 0.507 e. The van der Waals surface area contributed by atoms with Crippen molar-refractivity contribution in [3.8, 4) is 5.75 Å². The quantitative estimate of drug-likeness (QED) is 0.252. The van der Waals surface area contributed by atoms with Gasteiger partial charge in [0.05, 0.1) is 11.7 Å². The lowest BCUT2D eigenvalue weighted by Crippen LogP contribution is -2.73. The van der Waals surface area contributed by atoms with Gasteiger partial charge in [0.25, 0.3) is 0 Å². The number of ketones is 2. The maximum atomic E-state index is 13.6. The summed E-state index contributed by atoms with van der Waals surface area (Å²) in [6.07, 6.45) is -1.06. The zero-order valence-corrected chi connectivity index (χ0v) is 19.0. The molecule has 6 N–H and O–H groups in total. The Morgan fingerprint density at radius 2 is 1.90 bits per heavy atom. The summed E-state index contributed by atoms with van der Waals surface area (Å²) in [5, 5.41) is 43.5. The molecule has 10 heteroatoms. The van der Waals surface area contributed by atoms with E-state index in [0.29, 0.717) is 12.0 Å². The van der Waals surface area contributed by atoms with Crippen molar-refractivity contribution in [1.82, 2.24) is 4.90 Å². The molecule has 1 aromatic carbocycles. The van der Waals surface area contributed by atoms with Gasteiger partial charge in [-0.25, -0.2) is 0 Å². The number of hydrogen-bond acceptors (Lipinski definition) is 8. The Morgan fingerprint density at radius 3 is 2.48 bits per heavy atom. The Morgan fingerprint density at radius 1 is 1.26 bits per heavy atom. The van der Waals surface area contributed by atoms with Gasteiger partial charge < -0.3 is 31.1 Å². The van der Waals surface area contributed by atoms with Crippen LogP contribution in [0.15, 0.2) is 17.7 Å². The second-order valence-corrected chi connectivity index (χ2v) is 9.87. The standard InChI is InChI=1S/C21H23IN2O7/c1-24(2)15-9-6-7-5-8-10(22)3-4-11(25)13(8)16(26)12(7)18(28)21(9,31)19(29)14(17(15)27)20(23)30/h3-4,7,9,14-15,17,25-27,31H,5-6H2,1-2H3,(H2,23,30)/t7?,9?,14?,15-,17?,21-/m0/s1. The number of aromatic hydroxyl groups is 1. The molecule has 0 aliphatic heterocycles. The first-order valence-corrected chi connectivity index (χ1v) is 10.9. The zero-order valence-electron chi connectivity index (χ0n) is 16.9. The number of nitrogens with zero attached hydrogens (tertiary/aromatic N) is 1. The summed E-state index contributed by atoms with van der Waals surface area (Å²) in [6.45, 7) is 0. The second kappa shape index (κ2) is 7.26. The van der Waals surface area contributed by atoms with E-state index in [1.54, 1.807) is 25.1 Å². The number of amides is 1. The van der Waals surface area contributed by atoms with Gasteiger partial charge in [-0.3, -0.25) is 14.4 Å². The van der Waals surface area contributed by atoms with Crippen LogP contribution in [-0.4, -0.2) is 74.6 Å². The number of rotatable bonds is 2. The average molecular weight is 542 g/mol. The predicted octanol–water partition coefficient (Wildman–Crippen LogP) is -0.266. The number of hydrogen-bond donors (Lipinski definition) is 5. The van der Waals surface area contributed by atoms with Crippen LogP contribution in [-0.2, 0) is 20.8 Å². The first-order chi connectivity index (χ1) is 14.4. The molecule has 31 heavy (non-hydrogen) atoms. The Hall–Kier alpha value is -2.02. The molecular weight excluding hydrogens is 519 g/mol. The number of benzene rings is 1. The molecule has 1 amide bonds. The fourth-order valence-corrected chi connectivity index (χ4v) is 6.24. The monoisotopic (exact) mass is 542 g/mol. The van der Waals surface area contributed by atoms with Gasteiger partial charge in [-0.1, -0.05) is 0 Å². The second-order valence-electron chi connectivity index (χ2n) is 8.71. The summed E-state index contributed by atoms with van der Waals surface area (Å²) in [7, 11) is 3.24. The molecule has 3 aliphatic carbocycles. The van der Waals surface area contributed by atoms with Gasteiger partial charge in [0.2, 0.25) is 11.7 Å². The molecule has 0 radical (unpaired) electrons. The minimum absolute atomic E-state index is 0.104. The predicted molar refractivity (Wildman–Crippen MR) is 117 cm³/mol. The molecule has 0 spiro atoms. The van der Waals surface area contributed by atoms with E-state index in [-0.39, 0.29) is 23.3 Å². The fraction of sp³-hybridized carbons (Fsp3) is 0.476. The van der Waals surface area contributed by atoms with Crippen LogP contribution in [0.5, 0.6) is 5.75 Å². The van der Waals surface area contributed by atoms with E-state index in [1.807, 2.05) is 0 Å². The number of carbonyl (C=O) groups is 3. The van der Waals surface area contributed by atoms with Crippen molar-refractivity contribution in [2.24, 2.45) is 23.5 Å². The van der Waals surface area contributed by atoms with E-state index in [0.717, 1.165) is 3.57 Å². The summed E-state index contributed by atoms with van der Waals surface area (Å²) in [5.74, 6) is -7.29. The number of carbonyl (C=O) groups excluding carboxylic acids is 3. The number of phenols is 1. The van der Waals surface area contributed by atoms with E-state index in [9.17, 15) is 34.8 Å². The van der Waals surface area contributed by atoms with E-state index in [1.165, 1.54) is 6.07 Å². The number of aliphatic hydroxyl groups excluding tert-OH is 2. The molecule has 0 saturated heterocycles. The summed E-state index contributed by atoms with van der Waals surface area (Å²) in [5.41, 5.74) is 3.35. The molecule has 0 heterocycles. The van der Waals surface area contributed by atoms with Gasteiger partial charge in [0.15, 0.2) is 11.4 Å². The molecule has 6 atom stereocenters. The number of likely N-dealkylation sites (N-methyl/N-ethyl adjacent to an activating group) is 1. The number of fused-ring (bicyclic) bond motifs is 3. The molecule has 3 aliphatic rings. The van der Waals surface area contributed by atoms with Crippen molar-refractivity contribution in [1.29, 1.82) is 0 Å². The van der Waals surface area contributed by atoms with Crippen molar-refractivity contribution in [2.45, 2.75) is 30.6 Å². The maximum Gasteiger partial charge on any atom is 0.230 e. The number of aliphatic hydroxyl groups is 3. The topological polar surface area (TPSA) is 161 Å². The third-order valence-electron chi connectivity index (χ3n) is 6.91. The number of Topliss-reactive ketones (excluding diaryl/α,β-unsaturated/α-hetero) is 2. The molecule has 9 nitrogen and oxygen atoms in total. The molecule has 1 aromatic rings. The molecule has 4 unspecified atom stereocenters. The normalized spacial score (nSPS) is 35.0. The molecule has 2 saturated carbocycles. The van der Waals surface area contributed by atoms with Crippen LogP contribution >= 0.6 is 22.6 Å². The first kappa shape index (κ1) is 22.2. The molecule has 2 fully saturated rings. The molecule has 166 valence electrons. The van der Waals surface area contributed by atoms with Crippen molar-refractivity contribution < 1.29 is 34.8 Å².